The number of hydrogen-bond donors (Lipinski definition) is 2. The van der Waals surface area contributed by atoms with Gasteiger partial charge in [0.05, 0.1) is 29.9 Å². The molecule has 9 heteroatoms. The fraction of sp³-hybridized carbons (Fsp3) is 0.0455. The maximum Gasteiger partial charge on any atom is 0.229 e. The molecule has 0 amide bonds. The number of halogens is 1. The van der Waals surface area contributed by atoms with Gasteiger partial charge in [0.25, 0.3) is 0 Å². The van der Waals surface area contributed by atoms with Crippen LogP contribution in [0.2, 0.25) is 0 Å². The van der Waals surface area contributed by atoms with Gasteiger partial charge in [0.1, 0.15) is 11.5 Å². The van der Waals surface area contributed by atoms with E-state index in [4.69, 9.17) is 0 Å². The van der Waals surface area contributed by atoms with E-state index in [1.54, 1.807) is 42.9 Å². The van der Waals surface area contributed by atoms with Gasteiger partial charge in [-0.2, -0.15) is 0 Å². The molecule has 0 saturated heterocycles. The lowest BCUT2D eigenvalue weighted by Gasteiger charge is -2.08. The molecule has 0 aliphatic heterocycles. The molecule has 0 bridgehead atoms. The first-order valence-corrected chi connectivity index (χ1v) is 11.2. The molecule has 0 atom stereocenters. The van der Waals surface area contributed by atoms with E-state index in [0.717, 1.165) is 22.7 Å². The van der Waals surface area contributed by atoms with Crippen molar-refractivity contribution >= 4 is 37.6 Å². The minimum atomic E-state index is -3.40. The second-order valence-electron chi connectivity index (χ2n) is 7.14. The number of H-pyrrole nitrogens is 1. The number of fused-ring (bicyclic) bond motifs is 3. The van der Waals surface area contributed by atoms with E-state index < -0.39 is 15.8 Å². The SMILES string of the molecule is CS(=O)(=O)Nc1ccc(-c2c(F)cnc3[nH]c4cnc(-c5cccnc5)cc4c23)cc1. The summed E-state index contributed by atoms with van der Waals surface area (Å²) in [5, 5.41) is 1.41. The van der Waals surface area contributed by atoms with Gasteiger partial charge in [0.2, 0.25) is 10.0 Å². The van der Waals surface area contributed by atoms with Gasteiger partial charge in [-0.25, -0.2) is 17.8 Å². The molecule has 1 aromatic carbocycles. The van der Waals surface area contributed by atoms with E-state index in [0.29, 0.717) is 33.5 Å². The number of anilines is 1. The van der Waals surface area contributed by atoms with E-state index >= 15 is 0 Å². The van der Waals surface area contributed by atoms with Crippen molar-refractivity contribution in [3.63, 3.8) is 0 Å². The predicted octanol–water partition coefficient (Wildman–Crippen LogP) is 4.35. The van der Waals surface area contributed by atoms with Crippen molar-refractivity contribution in [1.29, 1.82) is 0 Å². The Balaban J connectivity index is 1.71. The summed E-state index contributed by atoms with van der Waals surface area (Å²) >= 11 is 0. The Kier molecular flexibility index (Phi) is 4.40. The van der Waals surface area contributed by atoms with Gasteiger partial charge in [-0.1, -0.05) is 12.1 Å². The number of aromatic nitrogens is 4. The number of rotatable bonds is 4. The third-order valence-corrected chi connectivity index (χ3v) is 5.50. The number of pyridine rings is 3. The summed E-state index contributed by atoms with van der Waals surface area (Å²) in [5.41, 5.74) is 4.21. The first kappa shape index (κ1) is 19.1. The third kappa shape index (κ3) is 3.59. The highest BCUT2D eigenvalue weighted by Crippen LogP contribution is 2.36. The lowest BCUT2D eigenvalue weighted by molar-refractivity contribution is 0.607. The summed E-state index contributed by atoms with van der Waals surface area (Å²) in [6.07, 6.45) is 7.35. The number of nitrogens with zero attached hydrogens (tertiary/aromatic N) is 3. The minimum absolute atomic E-state index is 0.380. The van der Waals surface area contributed by atoms with E-state index in [2.05, 4.69) is 24.7 Å². The van der Waals surface area contributed by atoms with E-state index in [-0.39, 0.29) is 0 Å². The quantitative estimate of drug-likeness (QED) is 0.439. The van der Waals surface area contributed by atoms with Crippen LogP contribution in [-0.4, -0.2) is 34.6 Å². The first-order valence-electron chi connectivity index (χ1n) is 9.33. The monoisotopic (exact) mass is 433 g/mol. The Morgan fingerprint density at radius 3 is 2.52 bits per heavy atom. The Morgan fingerprint density at radius 1 is 1.00 bits per heavy atom. The minimum Gasteiger partial charge on any atom is -0.338 e. The first-order chi connectivity index (χ1) is 14.9. The fourth-order valence-corrected chi connectivity index (χ4v) is 4.17. The molecule has 4 heterocycles. The van der Waals surface area contributed by atoms with Gasteiger partial charge < -0.3 is 4.98 Å². The highest BCUT2D eigenvalue weighted by Gasteiger charge is 2.17. The summed E-state index contributed by atoms with van der Waals surface area (Å²) in [4.78, 5) is 16.0. The van der Waals surface area contributed by atoms with Crippen LogP contribution in [0, 0.1) is 5.82 Å². The summed E-state index contributed by atoms with van der Waals surface area (Å²) in [7, 11) is -3.40. The maximum absolute atomic E-state index is 15.0. The molecule has 0 spiro atoms. The molecule has 31 heavy (non-hydrogen) atoms. The van der Waals surface area contributed by atoms with Crippen molar-refractivity contribution in [2.24, 2.45) is 0 Å². The maximum atomic E-state index is 15.0. The van der Waals surface area contributed by atoms with Gasteiger partial charge in [-0.3, -0.25) is 14.7 Å². The molecule has 5 rings (SSSR count). The Labute approximate surface area is 177 Å². The number of hydrogen-bond acceptors (Lipinski definition) is 5. The fourth-order valence-electron chi connectivity index (χ4n) is 3.61. The van der Waals surface area contributed by atoms with Crippen LogP contribution in [0.1, 0.15) is 0 Å². The smallest absolute Gasteiger partial charge is 0.229 e. The molecule has 0 aliphatic carbocycles. The number of sulfonamides is 1. The molecular weight excluding hydrogens is 417 g/mol. The summed E-state index contributed by atoms with van der Waals surface area (Å²) in [5.74, 6) is -0.475. The zero-order chi connectivity index (χ0) is 21.6. The van der Waals surface area contributed by atoms with Crippen LogP contribution in [0.4, 0.5) is 10.1 Å². The molecule has 5 aromatic rings. The Morgan fingerprint density at radius 2 is 1.81 bits per heavy atom. The average molecular weight is 433 g/mol. The van der Waals surface area contributed by atoms with Crippen molar-refractivity contribution in [3.8, 4) is 22.4 Å². The molecule has 0 aliphatic rings. The van der Waals surface area contributed by atoms with Gasteiger partial charge in [-0.15, -0.1) is 0 Å². The van der Waals surface area contributed by atoms with Crippen LogP contribution in [0.3, 0.4) is 0 Å². The second kappa shape index (κ2) is 7.13. The van der Waals surface area contributed by atoms with Gasteiger partial charge >= 0.3 is 0 Å². The van der Waals surface area contributed by atoms with Crippen LogP contribution >= 0.6 is 0 Å². The van der Waals surface area contributed by atoms with Crippen molar-refractivity contribution in [1.82, 2.24) is 19.9 Å². The largest absolute Gasteiger partial charge is 0.338 e. The van der Waals surface area contributed by atoms with Crippen molar-refractivity contribution in [3.05, 3.63) is 73.1 Å². The molecule has 2 N–H and O–H groups in total. The molecule has 154 valence electrons. The van der Waals surface area contributed by atoms with Crippen LogP contribution in [0.15, 0.2) is 67.3 Å². The van der Waals surface area contributed by atoms with Gasteiger partial charge in [0, 0.05) is 40.0 Å². The van der Waals surface area contributed by atoms with Crippen LogP contribution in [0.5, 0.6) is 0 Å². The molecule has 0 unspecified atom stereocenters. The molecule has 0 fully saturated rings. The summed E-state index contributed by atoms with van der Waals surface area (Å²) < 4.78 is 40.3. The van der Waals surface area contributed by atoms with Crippen molar-refractivity contribution in [2.75, 3.05) is 11.0 Å². The van der Waals surface area contributed by atoms with Crippen LogP contribution in [0.25, 0.3) is 44.3 Å². The van der Waals surface area contributed by atoms with Crippen LogP contribution in [-0.2, 0) is 10.0 Å². The molecular formula is C22H16FN5O2S. The van der Waals surface area contributed by atoms with E-state index in [9.17, 15) is 12.8 Å². The second-order valence-corrected chi connectivity index (χ2v) is 8.89. The topological polar surface area (TPSA) is 101 Å². The van der Waals surface area contributed by atoms with Gasteiger partial charge in [-0.05, 0) is 35.9 Å². The Hall–Kier alpha value is -3.85. The summed E-state index contributed by atoms with van der Waals surface area (Å²) in [6.45, 7) is 0. The molecule has 7 nitrogen and oxygen atoms in total. The third-order valence-electron chi connectivity index (χ3n) is 4.89. The van der Waals surface area contributed by atoms with E-state index in [1.807, 2.05) is 18.2 Å². The average Bonchev–Trinajstić information content (AvgIpc) is 3.12. The molecule has 0 saturated carbocycles. The number of benzene rings is 1. The number of nitrogens with one attached hydrogen (secondary N) is 2. The van der Waals surface area contributed by atoms with Crippen molar-refractivity contribution in [2.45, 2.75) is 0 Å². The Bertz CT molecular complexity index is 1530. The number of aromatic amines is 1. The zero-order valence-electron chi connectivity index (χ0n) is 16.3. The lowest BCUT2D eigenvalue weighted by atomic mass is 10.0. The van der Waals surface area contributed by atoms with Crippen LogP contribution < -0.4 is 4.72 Å². The zero-order valence-corrected chi connectivity index (χ0v) is 17.1. The lowest BCUT2D eigenvalue weighted by Crippen LogP contribution is -2.09. The van der Waals surface area contributed by atoms with Gasteiger partial charge in [0.15, 0.2) is 0 Å². The predicted molar refractivity (Wildman–Crippen MR) is 118 cm³/mol. The van der Waals surface area contributed by atoms with Crippen molar-refractivity contribution < 1.29 is 12.8 Å². The normalized spacial score (nSPS) is 11.8. The molecule has 0 radical (unpaired) electrons. The molecule has 4 aromatic heterocycles. The highest BCUT2D eigenvalue weighted by atomic mass is 32.2. The standard InChI is InChI=1S/C22H16FN5O2S/c1-31(29,30)28-15-6-4-13(5-7-15)20-17(23)11-26-22-21(20)16-9-18(25-12-19(16)27-22)14-3-2-8-24-10-14/h2-12,28H,1H3,(H,26,27). The summed E-state index contributed by atoms with van der Waals surface area (Å²) in [6, 6.07) is 12.2. The van der Waals surface area contributed by atoms with E-state index in [1.165, 1.54) is 6.20 Å². The highest BCUT2D eigenvalue weighted by molar-refractivity contribution is 7.92.